The lowest BCUT2D eigenvalue weighted by Crippen LogP contribution is -2.59. The number of likely N-dealkylation sites (tertiary alicyclic amines) is 1. The zero-order valence-corrected chi connectivity index (χ0v) is 13.0. The molecule has 0 atom stereocenters. The van der Waals surface area contributed by atoms with Crippen LogP contribution in [0.5, 0.6) is 0 Å². The zero-order chi connectivity index (χ0) is 15.3. The molecule has 2 saturated heterocycles. The minimum atomic E-state index is -0.120. The van der Waals surface area contributed by atoms with Gasteiger partial charge in [0.05, 0.1) is 0 Å². The molecule has 3 heterocycles. The molecular formula is C16H24N4O2. The molecule has 0 aromatic carbocycles. The minimum absolute atomic E-state index is 0.0430. The lowest BCUT2D eigenvalue weighted by molar-refractivity contribution is -0.0349. The maximum absolute atomic E-state index is 12.3. The molecule has 0 spiro atoms. The third-order valence-electron chi connectivity index (χ3n) is 4.84. The summed E-state index contributed by atoms with van der Waals surface area (Å²) >= 11 is 0. The highest BCUT2D eigenvalue weighted by molar-refractivity contribution is 5.92. The molecule has 2 aliphatic rings. The van der Waals surface area contributed by atoms with Crippen LogP contribution in [0.25, 0.3) is 0 Å². The van der Waals surface area contributed by atoms with Gasteiger partial charge in [0, 0.05) is 31.5 Å². The number of amides is 1. The van der Waals surface area contributed by atoms with Crippen LogP contribution in [-0.2, 0) is 4.74 Å². The van der Waals surface area contributed by atoms with Crippen LogP contribution in [0.4, 0.5) is 0 Å². The predicted octanol–water partition coefficient (Wildman–Crippen LogP) is 1.24. The summed E-state index contributed by atoms with van der Waals surface area (Å²) < 4.78 is 5.55. The second-order valence-corrected chi connectivity index (χ2v) is 6.16. The average Bonchev–Trinajstić information content (AvgIpc) is 2.62. The highest BCUT2D eigenvalue weighted by Gasteiger charge is 2.39. The zero-order valence-electron chi connectivity index (χ0n) is 13.0. The molecule has 1 aromatic heterocycles. The van der Waals surface area contributed by atoms with Gasteiger partial charge in [-0.25, -0.2) is 9.97 Å². The van der Waals surface area contributed by atoms with Crippen molar-refractivity contribution in [1.82, 2.24) is 20.2 Å². The molecule has 2 fully saturated rings. The van der Waals surface area contributed by atoms with Gasteiger partial charge in [0.25, 0.3) is 5.91 Å². The number of hydrogen-bond donors (Lipinski definition) is 1. The van der Waals surface area contributed by atoms with E-state index in [0.717, 1.165) is 39.1 Å². The van der Waals surface area contributed by atoms with E-state index in [2.05, 4.69) is 20.2 Å². The number of aromatic nitrogens is 2. The monoisotopic (exact) mass is 304 g/mol. The molecule has 0 bridgehead atoms. The summed E-state index contributed by atoms with van der Waals surface area (Å²) in [4.78, 5) is 22.7. The molecule has 3 rings (SSSR count). The predicted molar refractivity (Wildman–Crippen MR) is 82.6 cm³/mol. The fraction of sp³-hybridized carbons (Fsp3) is 0.688. The Morgan fingerprint density at radius 3 is 2.73 bits per heavy atom. The molecule has 6 nitrogen and oxygen atoms in total. The first-order valence-corrected chi connectivity index (χ1v) is 8.17. The van der Waals surface area contributed by atoms with Gasteiger partial charge in [0.2, 0.25) is 0 Å². The maximum Gasteiger partial charge on any atom is 0.270 e. The maximum atomic E-state index is 12.3. The Kier molecular flexibility index (Phi) is 5.00. The summed E-state index contributed by atoms with van der Waals surface area (Å²) in [5.41, 5.74) is 0.470. The van der Waals surface area contributed by atoms with Crippen LogP contribution in [0.1, 0.15) is 42.6 Å². The van der Waals surface area contributed by atoms with Crippen LogP contribution in [0.3, 0.4) is 0 Å². The normalized spacial score (nSPS) is 22.2. The fourth-order valence-electron chi connectivity index (χ4n) is 3.48. The number of carbonyl (C=O) groups excluding carboxylic acids is 1. The molecule has 120 valence electrons. The Bertz CT molecular complexity index is 482. The molecule has 6 heteroatoms. The smallest absolute Gasteiger partial charge is 0.270 e. The second kappa shape index (κ2) is 7.15. The fourth-order valence-corrected chi connectivity index (χ4v) is 3.48. The van der Waals surface area contributed by atoms with Crippen LogP contribution in [0.2, 0.25) is 0 Å². The van der Waals surface area contributed by atoms with Gasteiger partial charge in [-0.2, -0.15) is 0 Å². The van der Waals surface area contributed by atoms with Crippen molar-refractivity contribution in [2.45, 2.75) is 37.6 Å². The van der Waals surface area contributed by atoms with Gasteiger partial charge in [-0.05, 0) is 44.8 Å². The molecule has 2 aliphatic heterocycles. The third kappa shape index (κ3) is 3.44. The summed E-state index contributed by atoms with van der Waals surface area (Å²) in [5, 5.41) is 3.08. The van der Waals surface area contributed by atoms with Crippen molar-refractivity contribution in [3.05, 3.63) is 24.3 Å². The quantitative estimate of drug-likeness (QED) is 0.906. The van der Waals surface area contributed by atoms with Crippen LogP contribution in [0, 0.1) is 0 Å². The topological polar surface area (TPSA) is 67.4 Å². The van der Waals surface area contributed by atoms with Crippen molar-refractivity contribution in [3.8, 4) is 0 Å². The minimum Gasteiger partial charge on any atom is -0.381 e. The van der Waals surface area contributed by atoms with Crippen LogP contribution in [-0.4, -0.2) is 59.2 Å². The van der Waals surface area contributed by atoms with Crippen LogP contribution >= 0.6 is 0 Å². The molecule has 0 unspecified atom stereocenters. The van der Waals surface area contributed by atoms with Crippen molar-refractivity contribution in [3.63, 3.8) is 0 Å². The Morgan fingerprint density at radius 1 is 1.27 bits per heavy atom. The van der Waals surface area contributed by atoms with E-state index in [1.165, 1.54) is 25.6 Å². The Balaban J connectivity index is 1.66. The first-order chi connectivity index (χ1) is 10.8. The number of piperidine rings is 1. The van der Waals surface area contributed by atoms with Crippen molar-refractivity contribution in [1.29, 1.82) is 0 Å². The molecular weight excluding hydrogens is 280 g/mol. The van der Waals surface area contributed by atoms with Gasteiger partial charge < -0.3 is 10.1 Å². The number of ether oxygens (including phenoxy) is 1. The molecule has 0 radical (unpaired) electrons. The van der Waals surface area contributed by atoms with E-state index >= 15 is 0 Å². The van der Waals surface area contributed by atoms with E-state index in [-0.39, 0.29) is 11.4 Å². The van der Waals surface area contributed by atoms with Gasteiger partial charge in [-0.3, -0.25) is 9.69 Å². The molecule has 0 aliphatic carbocycles. The summed E-state index contributed by atoms with van der Waals surface area (Å²) in [5.74, 6) is -0.120. The lowest BCUT2D eigenvalue weighted by Gasteiger charge is -2.48. The number of hydrogen-bond acceptors (Lipinski definition) is 5. The highest BCUT2D eigenvalue weighted by atomic mass is 16.5. The van der Waals surface area contributed by atoms with E-state index in [4.69, 9.17) is 4.74 Å². The number of nitrogens with zero attached hydrogens (tertiary/aromatic N) is 3. The summed E-state index contributed by atoms with van der Waals surface area (Å²) in [6.45, 7) is 4.48. The number of carbonyl (C=O) groups is 1. The summed E-state index contributed by atoms with van der Waals surface area (Å²) in [7, 11) is 0. The largest absolute Gasteiger partial charge is 0.381 e. The Labute approximate surface area is 131 Å². The van der Waals surface area contributed by atoms with Gasteiger partial charge in [-0.1, -0.05) is 6.42 Å². The SMILES string of the molecule is O=C(NCC1(N2CCCCC2)CCOCC1)c1ccncn1. The van der Waals surface area contributed by atoms with Gasteiger partial charge in [0.15, 0.2) is 0 Å². The Hall–Kier alpha value is -1.53. The van der Waals surface area contributed by atoms with Crippen molar-refractivity contribution in [2.75, 3.05) is 32.8 Å². The molecule has 22 heavy (non-hydrogen) atoms. The van der Waals surface area contributed by atoms with E-state index < -0.39 is 0 Å². The number of rotatable bonds is 4. The second-order valence-electron chi connectivity index (χ2n) is 6.16. The number of nitrogens with one attached hydrogen (secondary N) is 1. The van der Waals surface area contributed by atoms with Crippen molar-refractivity contribution < 1.29 is 9.53 Å². The summed E-state index contributed by atoms with van der Waals surface area (Å²) in [6, 6.07) is 1.65. The first kappa shape index (κ1) is 15.4. The highest BCUT2D eigenvalue weighted by Crippen LogP contribution is 2.30. The van der Waals surface area contributed by atoms with E-state index in [9.17, 15) is 4.79 Å². The first-order valence-electron chi connectivity index (χ1n) is 8.17. The lowest BCUT2D eigenvalue weighted by atomic mass is 9.86. The average molecular weight is 304 g/mol. The summed E-state index contributed by atoms with van der Waals surface area (Å²) in [6.07, 6.45) is 8.79. The Morgan fingerprint density at radius 2 is 2.05 bits per heavy atom. The van der Waals surface area contributed by atoms with E-state index in [1.54, 1.807) is 12.3 Å². The third-order valence-corrected chi connectivity index (χ3v) is 4.84. The van der Waals surface area contributed by atoms with Crippen LogP contribution < -0.4 is 5.32 Å². The van der Waals surface area contributed by atoms with Crippen LogP contribution in [0.15, 0.2) is 18.6 Å². The van der Waals surface area contributed by atoms with Gasteiger partial charge in [0.1, 0.15) is 12.0 Å². The molecule has 1 N–H and O–H groups in total. The van der Waals surface area contributed by atoms with E-state index in [0.29, 0.717) is 12.2 Å². The standard InChI is InChI=1S/C16H24N4O2/c21-15(14-4-7-17-13-19-14)18-12-16(5-10-22-11-6-16)20-8-2-1-3-9-20/h4,7,13H,1-3,5-6,8-12H2,(H,18,21). The van der Waals surface area contributed by atoms with Gasteiger partial charge >= 0.3 is 0 Å². The molecule has 1 amide bonds. The van der Waals surface area contributed by atoms with Crippen molar-refractivity contribution >= 4 is 5.91 Å². The van der Waals surface area contributed by atoms with E-state index in [1.807, 2.05) is 0 Å². The molecule has 0 saturated carbocycles. The molecule has 1 aromatic rings. The van der Waals surface area contributed by atoms with Gasteiger partial charge in [-0.15, -0.1) is 0 Å². The van der Waals surface area contributed by atoms with Crippen molar-refractivity contribution in [2.24, 2.45) is 0 Å².